The van der Waals surface area contributed by atoms with E-state index in [0.29, 0.717) is 6.61 Å². The highest BCUT2D eigenvalue weighted by Gasteiger charge is 1.91. The average Bonchev–Trinajstić information content (AvgIpc) is 2.28. The third-order valence-corrected chi connectivity index (χ3v) is 2.51. The standard InChI is InChI=1S/C12H26O.C2H6O/c1-2-3-4-5-6-7-8-9-10-11-12-13;1-3-2/h13H,2-12H2,1H3;1-2H3. The Hall–Kier alpha value is -0.0800. The van der Waals surface area contributed by atoms with E-state index in [1.165, 1.54) is 57.8 Å². The molecular formula is C14H32O2. The molecule has 0 spiro atoms. The Balaban J connectivity index is 0. The van der Waals surface area contributed by atoms with E-state index in [1.54, 1.807) is 14.2 Å². The van der Waals surface area contributed by atoms with E-state index in [2.05, 4.69) is 11.7 Å². The van der Waals surface area contributed by atoms with Gasteiger partial charge in [0, 0.05) is 20.8 Å². The van der Waals surface area contributed by atoms with Crippen LogP contribution in [0.5, 0.6) is 0 Å². The molecule has 0 amide bonds. The molecule has 0 saturated carbocycles. The van der Waals surface area contributed by atoms with Crippen molar-refractivity contribution in [2.75, 3.05) is 20.8 Å². The van der Waals surface area contributed by atoms with Crippen LogP contribution in [0.4, 0.5) is 0 Å². The second-order valence-corrected chi connectivity index (χ2v) is 4.31. The molecular weight excluding hydrogens is 200 g/mol. The van der Waals surface area contributed by atoms with Crippen LogP contribution in [0, 0.1) is 0 Å². The Labute approximate surface area is 102 Å². The van der Waals surface area contributed by atoms with Crippen LogP contribution < -0.4 is 0 Å². The van der Waals surface area contributed by atoms with Crippen LogP contribution in [-0.2, 0) is 4.74 Å². The Morgan fingerprint density at radius 3 is 1.31 bits per heavy atom. The van der Waals surface area contributed by atoms with Gasteiger partial charge in [0.2, 0.25) is 0 Å². The summed E-state index contributed by atoms with van der Waals surface area (Å²) in [4.78, 5) is 0. The molecule has 0 atom stereocenters. The molecule has 16 heavy (non-hydrogen) atoms. The minimum atomic E-state index is 0.372. The van der Waals surface area contributed by atoms with Gasteiger partial charge in [0.05, 0.1) is 0 Å². The van der Waals surface area contributed by atoms with Crippen molar-refractivity contribution in [2.24, 2.45) is 0 Å². The normalized spacial score (nSPS) is 9.75. The topological polar surface area (TPSA) is 29.5 Å². The first-order valence-corrected chi connectivity index (χ1v) is 6.84. The first kappa shape index (κ1) is 18.3. The monoisotopic (exact) mass is 232 g/mol. The van der Waals surface area contributed by atoms with Gasteiger partial charge < -0.3 is 9.84 Å². The van der Waals surface area contributed by atoms with Crippen molar-refractivity contribution < 1.29 is 9.84 Å². The zero-order valence-electron chi connectivity index (χ0n) is 11.6. The maximum absolute atomic E-state index is 8.57. The summed E-state index contributed by atoms with van der Waals surface area (Å²) in [7, 11) is 3.25. The van der Waals surface area contributed by atoms with Gasteiger partial charge in [-0.05, 0) is 6.42 Å². The first-order chi connectivity index (χ1) is 7.83. The fourth-order valence-electron chi connectivity index (χ4n) is 1.60. The van der Waals surface area contributed by atoms with E-state index in [-0.39, 0.29) is 0 Å². The van der Waals surface area contributed by atoms with Crippen LogP contribution in [0.2, 0.25) is 0 Å². The highest BCUT2D eigenvalue weighted by molar-refractivity contribution is 4.46. The van der Waals surface area contributed by atoms with Crippen LogP contribution in [0.3, 0.4) is 0 Å². The average molecular weight is 232 g/mol. The molecule has 2 nitrogen and oxygen atoms in total. The lowest BCUT2D eigenvalue weighted by atomic mass is 10.1. The number of methoxy groups -OCH3 is 1. The summed E-state index contributed by atoms with van der Waals surface area (Å²) in [5.41, 5.74) is 0. The molecule has 0 unspecified atom stereocenters. The molecule has 0 heterocycles. The van der Waals surface area contributed by atoms with Crippen LogP contribution in [0.1, 0.15) is 71.1 Å². The van der Waals surface area contributed by atoms with Crippen LogP contribution in [0.25, 0.3) is 0 Å². The van der Waals surface area contributed by atoms with Gasteiger partial charge >= 0.3 is 0 Å². The summed E-state index contributed by atoms with van der Waals surface area (Å²) in [6, 6.07) is 0. The number of unbranched alkanes of at least 4 members (excludes halogenated alkanes) is 9. The fraction of sp³-hybridized carbons (Fsp3) is 1.00. The number of aliphatic hydroxyl groups excluding tert-OH is 1. The van der Waals surface area contributed by atoms with E-state index < -0.39 is 0 Å². The Morgan fingerprint density at radius 2 is 1.00 bits per heavy atom. The number of hydrogen-bond donors (Lipinski definition) is 1. The Bertz CT molecular complexity index is 84.7. The summed E-state index contributed by atoms with van der Waals surface area (Å²) >= 11 is 0. The van der Waals surface area contributed by atoms with Crippen molar-refractivity contribution in [1.82, 2.24) is 0 Å². The van der Waals surface area contributed by atoms with E-state index in [0.717, 1.165) is 6.42 Å². The summed E-state index contributed by atoms with van der Waals surface area (Å²) in [6.45, 7) is 2.63. The second-order valence-electron chi connectivity index (χ2n) is 4.31. The molecule has 0 rings (SSSR count). The maximum atomic E-state index is 8.57. The lowest BCUT2D eigenvalue weighted by molar-refractivity contribution is 0.277. The predicted molar refractivity (Wildman–Crippen MR) is 71.9 cm³/mol. The lowest BCUT2D eigenvalue weighted by Crippen LogP contribution is -1.84. The minimum Gasteiger partial charge on any atom is -0.396 e. The zero-order valence-corrected chi connectivity index (χ0v) is 11.6. The van der Waals surface area contributed by atoms with Gasteiger partial charge in [0.15, 0.2) is 0 Å². The summed E-state index contributed by atoms with van der Waals surface area (Å²) < 4.78 is 4.25. The van der Waals surface area contributed by atoms with Crippen molar-refractivity contribution in [3.63, 3.8) is 0 Å². The smallest absolute Gasteiger partial charge is 0.0431 e. The molecule has 0 aromatic rings. The Morgan fingerprint density at radius 1 is 0.688 bits per heavy atom. The number of ether oxygens (including phenoxy) is 1. The SMILES string of the molecule is CCCCCCCCCCCCO.COC. The van der Waals surface area contributed by atoms with Gasteiger partial charge in [-0.25, -0.2) is 0 Å². The number of hydrogen-bond acceptors (Lipinski definition) is 2. The predicted octanol–water partition coefficient (Wildman–Crippen LogP) is 4.16. The Kier molecular flexibility index (Phi) is 23.3. The van der Waals surface area contributed by atoms with Gasteiger partial charge in [-0.15, -0.1) is 0 Å². The van der Waals surface area contributed by atoms with Crippen LogP contribution in [0.15, 0.2) is 0 Å². The lowest BCUT2D eigenvalue weighted by Gasteiger charge is -2.00. The molecule has 1 N–H and O–H groups in total. The van der Waals surface area contributed by atoms with Gasteiger partial charge in [0.25, 0.3) is 0 Å². The highest BCUT2D eigenvalue weighted by Crippen LogP contribution is 2.09. The van der Waals surface area contributed by atoms with Gasteiger partial charge in [-0.3, -0.25) is 0 Å². The van der Waals surface area contributed by atoms with E-state index in [4.69, 9.17) is 5.11 Å². The van der Waals surface area contributed by atoms with Gasteiger partial charge in [-0.2, -0.15) is 0 Å². The molecule has 0 aliphatic carbocycles. The summed E-state index contributed by atoms with van der Waals surface area (Å²) in [5.74, 6) is 0. The van der Waals surface area contributed by atoms with Crippen molar-refractivity contribution in [3.05, 3.63) is 0 Å². The number of rotatable bonds is 10. The molecule has 0 aromatic heterocycles. The first-order valence-electron chi connectivity index (χ1n) is 6.84. The third kappa shape index (κ3) is 23.6. The van der Waals surface area contributed by atoms with Crippen molar-refractivity contribution in [3.8, 4) is 0 Å². The van der Waals surface area contributed by atoms with Crippen molar-refractivity contribution >= 4 is 0 Å². The van der Waals surface area contributed by atoms with Gasteiger partial charge in [0.1, 0.15) is 0 Å². The zero-order chi connectivity index (χ0) is 12.5. The molecule has 0 aromatic carbocycles. The molecule has 0 radical (unpaired) electrons. The quantitative estimate of drug-likeness (QED) is 0.573. The molecule has 0 fully saturated rings. The molecule has 0 aliphatic rings. The molecule has 0 saturated heterocycles. The van der Waals surface area contributed by atoms with Crippen LogP contribution in [-0.4, -0.2) is 25.9 Å². The maximum Gasteiger partial charge on any atom is 0.0431 e. The van der Waals surface area contributed by atoms with E-state index >= 15 is 0 Å². The molecule has 2 heteroatoms. The van der Waals surface area contributed by atoms with Crippen LogP contribution >= 0.6 is 0 Å². The highest BCUT2D eigenvalue weighted by atomic mass is 16.4. The van der Waals surface area contributed by atoms with Crippen molar-refractivity contribution in [1.29, 1.82) is 0 Å². The van der Waals surface area contributed by atoms with Crippen molar-refractivity contribution in [2.45, 2.75) is 71.1 Å². The van der Waals surface area contributed by atoms with Gasteiger partial charge in [-0.1, -0.05) is 64.7 Å². The minimum absolute atomic E-state index is 0.372. The third-order valence-electron chi connectivity index (χ3n) is 2.51. The summed E-state index contributed by atoms with van der Waals surface area (Å²) in [5, 5.41) is 8.57. The largest absolute Gasteiger partial charge is 0.396 e. The van der Waals surface area contributed by atoms with E-state index in [1.807, 2.05) is 0 Å². The molecule has 0 bridgehead atoms. The number of aliphatic hydroxyl groups is 1. The molecule has 0 aliphatic heterocycles. The van der Waals surface area contributed by atoms with E-state index in [9.17, 15) is 0 Å². The fourth-order valence-corrected chi connectivity index (χ4v) is 1.60. The second kappa shape index (κ2) is 20.3. The summed E-state index contributed by atoms with van der Waals surface area (Å²) in [6.07, 6.45) is 13.3. The molecule has 100 valence electrons.